The zero-order valence-corrected chi connectivity index (χ0v) is 22.6. The van der Waals surface area contributed by atoms with Crippen LogP contribution in [0.15, 0.2) is 53.1 Å². The van der Waals surface area contributed by atoms with E-state index in [9.17, 15) is 19.8 Å². The van der Waals surface area contributed by atoms with Crippen LogP contribution >= 0.6 is 11.8 Å². The van der Waals surface area contributed by atoms with Crippen LogP contribution in [0.5, 0.6) is 0 Å². The topological polar surface area (TPSA) is 104 Å². The lowest BCUT2D eigenvalue weighted by Gasteiger charge is -2.17. The van der Waals surface area contributed by atoms with E-state index in [-0.39, 0.29) is 18.3 Å². The van der Waals surface area contributed by atoms with Gasteiger partial charge in [0.25, 0.3) is 0 Å². The van der Waals surface area contributed by atoms with Crippen molar-refractivity contribution >= 4 is 23.7 Å². The highest BCUT2D eigenvalue weighted by Crippen LogP contribution is 2.42. The van der Waals surface area contributed by atoms with Crippen molar-refractivity contribution in [3.63, 3.8) is 0 Å². The molecule has 5 atom stereocenters. The van der Waals surface area contributed by atoms with Gasteiger partial charge in [0.2, 0.25) is 0 Å². The summed E-state index contributed by atoms with van der Waals surface area (Å²) in [6, 6.07) is 8.76. The Labute approximate surface area is 219 Å². The van der Waals surface area contributed by atoms with Gasteiger partial charge in [0, 0.05) is 17.2 Å². The summed E-state index contributed by atoms with van der Waals surface area (Å²) in [6.07, 6.45) is 8.74. The molecule has 0 fully saturated rings. The van der Waals surface area contributed by atoms with Crippen molar-refractivity contribution in [1.82, 2.24) is 0 Å². The molecule has 1 aliphatic rings. The van der Waals surface area contributed by atoms with Gasteiger partial charge in [0.05, 0.1) is 23.7 Å². The van der Waals surface area contributed by atoms with Crippen LogP contribution in [-0.2, 0) is 9.53 Å². The average molecular weight is 519 g/mol. The molecular formula is C29H42O6S. The SMILES string of the molecule is CCCC[C@@H](C)C[C@H](O)C=C[C@@H]1C(SCCCCC(C)C(=O)O)=C(OC(=O)c2ccccc2)C[C@H]1O. The second-order valence-corrected chi connectivity index (χ2v) is 11.0. The molecule has 0 aliphatic heterocycles. The third-order valence-electron chi connectivity index (χ3n) is 6.56. The molecule has 0 radical (unpaired) electrons. The van der Waals surface area contributed by atoms with Gasteiger partial charge in [-0.1, -0.05) is 76.8 Å². The van der Waals surface area contributed by atoms with E-state index in [1.807, 2.05) is 12.1 Å². The molecule has 1 aromatic carbocycles. The number of aliphatic hydroxyl groups excluding tert-OH is 2. The molecule has 0 saturated heterocycles. The number of ether oxygens (including phenoxy) is 1. The predicted molar refractivity (Wildman–Crippen MR) is 145 cm³/mol. The maximum absolute atomic E-state index is 12.7. The number of aliphatic hydroxyl groups is 2. The molecule has 1 unspecified atom stereocenters. The molecule has 2 rings (SSSR count). The van der Waals surface area contributed by atoms with Gasteiger partial charge in [-0.05, 0) is 43.1 Å². The Morgan fingerprint density at radius 2 is 1.86 bits per heavy atom. The second-order valence-electron chi connectivity index (χ2n) is 9.86. The lowest BCUT2D eigenvalue weighted by atomic mass is 9.96. The maximum atomic E-state index is 12.7. The molecule has 0 heterocycles. The van der Waals surface area contributed by atoms with Crippen LogP contribution in [-0.4, -0.2) is 45.2 Å². The third kappa shape index (κ3) is 10.1. The van der Waals surface area contributed by atoms with Gasteiger partial charge >= 0.3 is 11.9 Å². The van der Waals surface area contributed by atoms with Gasteiger partial charge in [-0.3, -0.25) is 4.79 Å². The highest BCUT2D eigenvalue weighted by atomic mass is 32.2. The maximum Gasteiger partial charge on any atom is 0.343 e. The minimum Gasteiger partial charge on any atom is -0.481 e. The smallest absolute Gasteiger partial charge is 0.343 e. The first-order valence-electron chi connectivity index (χ1n) is 13.1. The minimum absolute atomic E-state index is 0.231. The van der Waals surface area contributed by atoms with E-state index in [0.717, 1.165) is 42.8 Å². The van der Waals surface area contributed by atoms with Crippen molar-refractivity contribution in [3.8, 4) is 0 Å². The monoisotopic (exact) mass is 518 g/mol. The second kappa shape index (κ2) is 15.9. The van der Waals surface area contributed by atoms with Crippen LogP contribution in [0, 0.1) is 17.8 Å². The third-order valence-corrected chi connectivity index (χ3v) is 7.86. The Kier molecular flexibility index (Phi) is 13.3. The summed E-state index contributed by atoms with van der Waals surface area (Å²) in [6.45, 7) is 6.01. The summed E-state index contributed by atoms with van der Waals surface area (Å²) in [7, 11) is 0. The van der Waals surface area contributed by atoms with Gasteiger partial charge < -0.3 is 20.1 Å². The predicted octanol–water partition coefficient (Wildman–Crippen LogP) is 6.19. The fourth-order valence-electron chi connectivity index (χ4n) is 4.27. The van der Waals surface area contributed by atoms with Gasteiger partial charge in [-0.2, -0.15) is 0 Å². The number of esters is 1. The summed E-state index contributed by atoms with van der Waals surface area (Å²) in [5.41, 5.74) is 0.446. The number of hydrogen-bond donors (Lipinski definition) is 3. The van der Waals surface area contributed by atoms with Gasteiger partial charge in [-0.25, -0.2) is 4.79 Å². The van der Waals surface area contributed by atoms with Crippen LogP contribution in [0.3, 0.4) is 0 Å². The molecule has 3 N–H and O–H groups in total. The van der Waals surface area contributed by atoms with E-state index in [4.69, 9.17) is 9.84 Å². The molecule has 0 aromatic heterocycles. The largest absolute Gasteiger partial charge is 0.481 e. The molecular weight excluding hydrogens is 476 g/mol. The highest BCUT2D eigenvalue weighted by Gasteiger charge is 2.35. The number of unbranched alkanes of at least 4 members (excludes halogenated alkanes) is 2. The Bertz CT molecular complexity index is 881. The molecule has 1 aliphatic carbocycles. The fourth-order valence-corrected chi connectivity index (χ4v) is 5.56. The standard InChI is InChI=1S/C29H42O6S/c1-4-5-11-20(2)18-23(30)15-16-24-25(31)19-26(35-29(34)22-13-7-6-8-14-22)27(24)36-17-10-9-12-21(3)28(32)33/h6-8,13-16,20-21,23-25,30-31H,4-5,9-12,17-19H2,1-3H3,(H,32,33)/t20-,21?,23-,24+,25-/m1/s1. The van der Waals surface area contributed by atoms with Crippen LogP contribution in [0.4, 0.5) is 0 Å². The summed E-state index contributed by atoms with van der Waals surface area (Å²) in [4.78, 5) is 24.5. The number of carboxylic acids is 1. The molecule has 0 bridgehead atoms. The molecule has 0 amide bonds. The van der Waals surface area contributed by atoms with E-state index in [0.29, 0.717) is 30.1 Å². The molecule has 6 nitrogen and oxygen atoms in total. The molecule has 200 valence electrons. The number of hydrogen-bond acceptors (Lipinski definition) is 6. The number of carboxylic acid groups (broad SMARTS) is 1. The normalized spacial score (nSPS) is 20.5. The Morgan fingerprint density at radius 3 is 2.53 bits per heavy atom. The van der Waals surface area contributed by atoms with E-state index >= 15 is 0 Å². The quantitative estimate of drug-likeness (QED) is 0.136. The van der Waals surface area contributed by atoms with Crippen LogP contribution in [0.1, 0.15) is 82.5 Å². The Hall–Kier alpha value is -2.09. The Morgan fingerprint density at radius 1 is 1.14 bits per heavy atom. The number of benzene rings is 1. The van der Waals surface area contributed by atoms with Crippen LogP contribution < -0.4 is 0 Å². The molecule has 7 heteroatoms. The van der Waals surface area contributed by atoms with Crippen molar-refractivity contribution < 1.29 is 29.6 Å². The number of thioether (sulfide) groups is 1. The summed E-state index contributed by atoms with van der Waals surface area (Å²) >= 11 is 1.54. The first kappa shape index (κ1) is 30.1. The van der Waals surface area contributed by atoms with E-state index in [2.05, 4.69) is 13.8 Å². The van der Waals surface area contributed by atoms with E-state index < -0.39 is 24.1 Å². The zero-order valence-electron chi connectivity index (χ0n) is 21.8. The zero-order chi connectivity index (χ0) is 26.5. The average Bonchev–Trinajstić information content (AvgIpc) is 3.14. The van der Waals surface area contributed by atoms with Gasteiger partial charge in [-0.15, -0.1) is 11.8 Å². The lowest BCUT2D eigenvalue weighted by molar-refractivity contribution is -0.141. The van der Waals surface area contributed by atoms with E-state index in [1.165, 1.54) is 0 Å². The first-order valence-corrected chi connectivity index (χ1v) is 14.1. The first-order chi connectivity index (χ1) is 17.2. The lowest BCUT2D eigenvalue weighted by Crippen LogP contribution is -2.15. The van der Waals surface area contributed by atoms with Gasteiger partial charge in [0.1, 0.15) is 5.76 Å². The van der Waals surface area contributed by atoms with Gasteiger partial charge in [0.15, 0.2) is 0 Å². The minimum atomic E-state index is -0.785. The van der Waals surface area contributed by atoms with Crippen molar-refractivity contribution in [2.75, 3.05) is 5.75 Å². The summed E-state index contributed by atoms with van der Waals surface area (Å²) < 4.78 is 5.74. The van der Waals surface area contributed by atoms with Crippen molar-refractivity contribution in [1.29, 1.82) is 0 Å². The van der Waals surface area contributed by atoms with Crippen molar-refractivity contribution in [2.24, 2.45) is 17.8 Å². The summed E-state index contributed by atoms with van der Waals surface area (Å²) in [5.74, 6) is -0.359. The molecule has 1 aromatic rings. The van der Waals surface area contributed by atoms with Crippen molar-refractivity contribution in [3.05, 3.63) is 58.7 Å². The summed E-state index contributed by atoms with van der Waals surface area (Å²) in [5, 5.41) is 30.4. The number of carbonyl (C=O) groups is 2. The molecule has 0 saturated carbocycles. The van der Waals surface area contributed by atoms with Crippen molar-refractivity contribution in [2.45, 2.75) is 84.3 Å². The molecule has 0 spiro atoms. The van der Waals surface area contributed by atoms with Crippen LogP contribution in [0.2, 0.25) is 0 Å². The highest BCUT2D eigenvalue weighted by molar-refractivity contribution is 8.03. The Balaban J connectivity index is 2.09. The van der Waals surface area contributed by atoms with Crippen LogP contribution in [0.25, 0.3) is 0 Å². The fraction of sp³-hybridized carbons (Fsp3) is 0.586. The number of carbonyl (C=O) groups excluding carboxylic acids is 1. The molecule has 36 heavy (non-hydrogen) atoms. The number of rotatable bonds is 16. The number of aliphatic carboxylic acids is 1. The van der Waals surface area contributed by atoms with E-state index in [1.54, 1.807) is 49.0 Å².